The van der Waals surface area contributed by atoms with E-state index in [1.165, 1.54) is 0 Å². The Morgan fingerprint density at radius 3 is 1.66 bits per heavy atom. The average molecular weight is 555 g/mol. The number of aromatic hydroxyl groups is 1. The second kappa shape index (κ2) is 8.47. The zero-order chi connectivity index (χ0) is 30.7. The van der Waals surface area contributed by atoms with Crippen LogP contribution >= 0.6 is 0 Å². The van der Waals surface area contributed by atoms with Gasteiger partial charge in [0, 0.05) is 22.3 Å². The Bertz CT molecular complexity index is 1550. The molecule has 41 heavy (non-hydrogen) atoms. The van der Waals surface area contributed by atoms with Gasteiger partial charge in [0.15, 0.2) is 11.2 Å². The summed E-state index contributed by atoms with van der Waals surface area (Å²) in [6.45, 7) is 25.2. The van der Waals surface area contributed by atoms with E-state index >= 15 is 0 Å². The number of carbonyl (C=O) groups is 1. The minimum Gasteiger partial charge on any atom is -0.507 e. The van der Waals surface area contributed by atoms with E-state index in [1.54, 1.807) is 12.1 Å². The highest BCUT2D eigenvalue weighted by Crippen LogP contribution is 2.65. The standard InChI is InChI=1S/C37H46O4/c1-32(2,3)21-17-27(35(10,11)12)30-28(18-21)36(31(39)23-15-13-14-16-24(23)37(36,40)41-30)22-19-25(33(4,5)6)29(38)26(20-22)34(7,8)9/h13-20,38,40H,1-12H3. The molecule has 2 N–H and O–H groups in total. The van der Waals surface area contributed by atoms with Crippen LogP contribution in [0.15, 0.2) is 48.5 Å². The molecule has 0 fully saturated rings. The third-order valence-electron chi connectivity index (χ3n) is 8.96. The van der Waals surface area contributed by atoms with Gasteiger partial charge >= 0.3 is 0 Å². The predicted molar refractivity (Wildman–Crippen MR) is 165 cm³/mol. The van der Waals surface area contributed by atoms with Crippen LogP contribution in [0, 0.1) is 0 Å². The van der Waals surface area contributed by atoms with Gasteiger partial charge < -0.3 is 14.9 Å². The molecule has 2 aliphatic rings. The first-order chi connectivity index (χ1) is 18.6. The molecular formula is C37H46O4. The number of phenols is 1. The Morgan fingerprint density at radius 1 is 0.659 bits per heavy atom. The number of hydrogen-bond donors (Lipinski definition) is 2. The maximum absolute atomic E-state index is 15.0. The number of phenolic OH excluding ortho intramolecular Hbond substituents is 1. The summed E-state index contributed by atoms with van der Waals surface area (Å²) in [6, 6.07) is 15.4. The second-order valence-electron chi connectivity index (χ2n) is 16.2. The molecule has 5 rings (SSSR count). The molecule has 1 aliphatic heterocycles. The predicted octanol–water partition coefficient (Wildman–Crippen LogP) is 8.30. The third-order valence-corrected chi connectivity index (χ3v) is 8.96. The van der Waals surface area contributed by atoms with Crippen molar-refractivity contribution in [3.8, 4) is 11.5 Å². The molecule has 1 aliphatic carbocycles. The number of benzene rings is 3. The van der Waals surface area contributed by atoms with Gasteiger partial charge in [-0.1, -0.05) is 113 Å². The summed E-state index contributed by atoms with van der Waals surface area (Å²) in [4.78, 5) is 15.0. The van der Waals surface area contributed by atoms with Crippen LogP contribution < -0.4 is 4.74 Å². The van der Waals surface area contributed by atoms with E-state index in [1.807, 2.05) is 24.3 Å². The minimum atomic E-state index is -1.96. The molecule has 3 aromatic carbocycles. The van der Waals surface area contributed by atoms with Crippen molar-refractivity contribution in [1.29, 1.82) is 0 Å². The molecule has 4 nitrogen and oxygen atoms in total. The molecule has 4 heteroatoms. The second-order valence-corrected chi connectivity index (χ2v) is 16.2. The highest BCUT2D eigenvalue weighted by molar-refractivity contribution is 6.13. The quantitative estimate of drug-likeness (QED) is 0.317. The van der Waals surface area contributed by atoms with Crippen LogP contribution in [0.3, 0.4) is 0 Å². The van der Waals surface area contributed by atoms with Crippen LogP contribution in [-0.4, -0.2) is 16.0 Å². The fourth-order valence-electron chi connectivity index (χ4n) is 6.60. The summed E-state index contributed by atoms with van der Waals surface area (Å²) >= 11 is 0. The number of hydrogen-bond acceptors (Lipinski definition) is 4. The van der Waals surface area contributed by atoms with Crippen LogP contribution in [0.4, 0.5) is 0 Å². The van der Waals surface area contributed by atoms with Crippen LogP contribution in [0.25, 0.3) is 0 Å². The van der Waals surface area contributed by atoms with Gasteiger partial charge in [0.25, 0.3) is 5.79 Å². The van der Waals surface area contributed by atoms with E-state index in [9.17, 15) is 15.0 Å². The van der Waals surface area contributed by atoms with Crippen LogP contribution in [0.2, 0.25) is 0 Å². The number of carbonyl (C=O) groups excluding carboxylic acids is 1. The minimum absolute atomic E-state index is 0.189. The highest BCUT2D eigenvalue weighted by atomic mass is 16.6. The molecular weight excluding hydrogens is 508 g/mol. The first-order valence-corrected chi connectivity index (χ1v) is 14.7. The van der Waals surface area contributed by atoms with E-state index < -0.39 is 22.0 Å². The van der Waals surface area contributed by atoms with E-state index in [-0.39, 0.29) is 22.4 Å². The lowest BCUT2D eigenvalue weighted by molar-refractivity contribution is -0.154. The lowest BCUT2D eigenvalue weighted by atomic mass is 9.65. The maximum Gasteiger partial charge on any atom is 0.257 e. The van der Waals surface area contributed by atoms with Crippen LogP contribution in [0.5, 0.6) is 11.5 Å². The first kappa shape index (κ1) is 29.4. The smallest absolute Gasteiger partial charge is 0.257 e. The molecule has 0 radical (unpaired) electrons. The number of ketones is 1. The molecule has 0 saturated heterocycles. The van der Waals surface area contributed by atoms with Gasteiger partial charge in [-0.25, -0.2) is 0 Å². The van der Waals surface area contributed by atoms with Gasteiger partial charge in [-0.15, -0.1) is 0 Å². The summed E-state index contributed by atoms with van der Waals surface area (Å²) in [5.74, 6) is -1.35. The number of fused-ring (bicyclic) bond motifs is 5. The Balaban J connectivity index is 2.03. The maximum atomic E-state index is 15.0. The first-order valence-electron chi connectivity index (χ1n) is 14.7. The lowest BCUT2D eigenvalue weighted by Gasteiger charge is -2.37. The van der Waals surface area contributed by atoms with Gasteiger partial charge in [-0.05, 0) is 62.1 Å². The Labute approximate surface area is 245 Å². The number of aliphatic hydroxyl groups is 1. The molecule has 0 bridgehead atoms. The van der Waals surface area contributed by atoms with Crippen LogP contribution in [-0.2, 0) is 32.9 Å². The SMILES string of the molecule is CC(C)(C)c1cc(C(C)(C)C)c2c(c1)C1(c3cc(C(C)(C)C)c(O)c(C(C)(C)C)c3)C(=O)c3ccccc3C1(O)O2. The fraction of sp³-hybridized carbons (Fsp3) is 0.486. The average Bonchev–Trinajstić information content (AvgIpc) is 3.20. The Morgan fingerprint density at radius 2 is 1.17 bits per heavy atom. The number of rotatable bonds is 1. The van der Waals surface area contributed by atoms with Crippen molar-refractivity contribution in [3.05, 3.63) is 93.0 Å². The third kappa shape index (κ3) is 4.00. The molecule has 1 heterocycles. The van der Waals surface area contributed by atoms with E-state index in [0.717, 1.165) is 22.3 Å². The van der Waals surface area contributed by atoms with Crippen molar-refractivity contribution in [2.75, 3.05) is 0 Å². The molecule has 2 atom stereocenters. The summed E-state index contributed by atoms with van der Waals surface area (Å²) in [5, 5.41) is 24.5. The Kier molecular flexibility index (Phi) is 6.07. The Hall–Kier alpha value is -3.11. The van der Waals surface area contributed by atoms with Gasteiger partial charge in [0.2, 0.25) is 0 Å². The van der Waals surface area contributed by atoms with Crippen molar-refractivity contribution < 1.29 is 19.7 Å². The van der Waals surface area contributed by atoms with Crippen molar-refractivity contribution in [1.82, 2.24) is 0 Å². The summed E-state index contributed by atoms with van der Waals surface area (Å²) in [7, 11) is 0. The molecule has 0 amide bonds. The van der Waals surface area contributed by atoms with Crippen LogP contribution in [0.1, 0.15) is 132 Å². The monoisotopic (exact) mass is 554 g/mol. The summed E-state index contributed by atoms with van der Waals surface area (Å²) < 4.78 is 6.75. The summed E-state index contributed by atoms with van der Waals surface area (Å²) in [5.41, 5.74) is 2.83. The molecule has 0 spiro atoms. The molecule has 218 valence electrons. The highest BCUT2D eigenvalue weighted by Gasteiger charge is 2.72. The fourth-order valence-corrected chi connectivity index (χ4v) is 6.60. The molecule has 0 aromatic heterocycles. The van der Waals surface area contributed by atoms with Gasteiger partial charge in [-0.2, -0.15) is 0 Å². The van der Waals surface area contributed by atoms with Crippen molar-refractivity contribution >= 4 is 5.78 Å². The topological polar surface area (TPSA) is 66.8 Å². The van der Waals surface area contributed by atoms with E-state index in [2.05, 4.69) is 95.2 Å². The largest absolute Gasteiger partial charge is 0.507 e. The zero-order valence-electron chi connectivity index (χ0n) is 26.8. The van der Waals surface area contributed by atoms with Gasteiger partial charge in [0.1, 0.15) is 11.5 Å². The molecule has 3 aromatic rings. The van der Waals surface area contributed by atoms with E-state index in [0.29, 0.717) is 28.0 Å². The van der Waals surface area contributed by atoms with Crippen molar-refractivity contribution in [3.63, 3.8) is 0 Å². The lowest BCUT2D eigenvalue weighted by Crippen LogP contribution is -2.50. The number of ether oxygens (including phenoxy) is 1. The molecule has 2 unspecified atom stereocenters. The van der Waals surface area contributed by atoms with E-state index in [4.69, 9.17) is 4.74 Å². The van der Waals surface area contributed by atoms with Gasteiger partial charge in [0.05, 0.1) is 0 Å². The normalized spacial score (nSPS) is 22.3. The van der Waals surface area contributed by atoms with Crippen molar-refractivity contribution in [2.45, 2.75) is 116 Å². The molecule has 0 saturated carbocycles. The zero-order valence-corrected chi connectivity index (χ0v) is 26.8. The van der Waals surface area contributed by atoms with Crippen molar-refractivity contribution in [2.24, 2.45) is 0 Å². The summed E-state index contributed by atoms with van der Waals surface area (Å²) in [6.07, 6.45) is 0. The van der Waals surface area contributed by atoms with Gasteiger partial charge in [-0.3, -0.25) is 4.79 Å². The number of Topliss-reactive ketones (excluding diaryl/α,β-unsaturated/α-hetero) is 1.